The largest absolute Gasteiger partial charge is 0.368 e. The minimum atomic E-state index is -0.561. The molecule has 12 heteroatoms. The predicted molar refractivity (Wildman–Crippen MR) is 162 cm³/mol. The maximum atomic E-state index is 14.1. The quantitative estimate of drug-likeness (QED) is 0.0884. The van der Waals surface area contributed by atoms with Crippen LogP contribution in [-0.2, 0) is 19.5 Å². The van der Waals surface area contributed by atoms with Crippen LogP contribution < -0.4 is 21.7 Å². The highest BCUT2D eigenvalue weighted by molar-refractivity contribution is 5.93. The van der Waals surface area contributed by atoms with Gasteiger partial charge in [0.2, 0.25) is 0 Å². The number of anilines is 1. The Balaban J connectivity index is 1.23. The van der Waals surface area contributed by atoms with E-state index in [1.807, 2.05) is 60.7 Å². The number of rotatable bonds is 11. The standard InChI is InChI=1S/C31H29N9O3/c41-30(39-43)21-13-11-20(12-14-21)16-32-17-22-6-4-9-24-26(22)31(42)40(23-7-2-1-3-8-23)25(38-24)10-5-15-33-28-27-29(35-18-34-27)37-19-36-28/h1-4,6-9,11-14,18-19,32,43H,5,10,15-17H2,(H,39,41)(H2,33,34,35,36,37). The zero-order chi connectivity index (χ0) is 29.6. The molecule has 0 aliphatic carbocycles. The SMILES string of the molecule is O=C(NO)c1ccc(CNCc2cccc3nc(CCCNc4ncnc5[nH]cnc45)n(-c4ccccc4)c(=O)c23)cc1. The number of aromatic amines is 1. The van der Waals surface area contributed by atoms with E-state index in [0.717, 1.165) is 16.8 Å². The van der Waals surface area contributed by atoms with E-state index < -0.39 is 5.91 Å². The molecule has 216 valence electrons. The van der Waals surface area contributed by atoms with Gasteiger partial charge in [-0.2, -0.15) is 0 Å². The van der Waals surface area contributed by atoms with E-state index in [1.54, 1.807) is 28.5 Å². The van der Waals surface area contributed by atoms with Crippen molar-refractivity contribution in [3.05, 3.63) is 118 Å². The van der Waals surface area contributed by atoms with E-state index in [0.29, 0.717) is 71.7 Å². The molecule has 0 aliphatic heterocycles. The Labute approximate surface area is 245 Å². The van der Waals surface area contributed by atoms with E-state index in [4.69, 9.17) is 10.2 Å². The number of aromatic nitrogens is 6. The van der Waals surface area contributed by atoms with E-state index in [9.17, 15) is 9.59 Å². The Bertz CT molecular complexity index is 1940. The lowest BCUT2D eigenvalue weighted by molar-refractivity contribution is 0.0706. The summed E-state index contributed by atoms with van der Waals surface area (Å²) in [6.45, 7) is 1.59. The maximum Gasteiger partial charge on any atom is 0.274 e. The van der Waals surface area contributed by atoms with Crippen molar-refractivity contribution in [3.63, 3.8) is 0 Å². The molecule has 12 nitrogen and oxygen atoms in total. The highest BCUT2D eigenvalue weighted by Crippen LogP contribution is 2.19. The number of carbonyl (C=O) groups excluding carboxylic acids is 1. The van der Waals surface area contributed by atoms with Gasteiger partial charge in [0.05, 0.1) is 22.9 Å². The minimum Gasteiger partial charge on any atom is -0.368 e. The second-order valence-electron chi connectivity index (χ2n) is 9.91. The fourth-order valence-corrected chi connectivity index (χ4v) is 5.03. The second-order valence-corrected chi connectivity index (χ2v) is 9.91. The lowest BCUT2D eigenvalue weighted by Gasteiger charge is -2.16. The number of fused-ring (bicyclic) bond motifs is 2. The summed E-state index contributed by atoms with van der Waals surface area (Å²) in [6.07, 6.45) is 4.35. The molecule has 0 radical (unpaired) electrons. The van der Waals surface area contributed by atoms with Crippen LogP contribution >= 0.6 is 0 Å². The molecule has 43 heavy (non-hydrogen) atoms. The minimum absolute atomic E-state index is 0.120. The monoisotopic (exact) mass is 575 g/mol. The van der Waals surface area contributed by atoms with Gasteiger partial charge in [0, 0.05) is 31.6 Å². The molecule has 0 saturated heterocycles. The zero-order valence-corrected chi connectivity index (χ0v) is 23.1. The second kappa shape index (κ2) is 12.6. The fourth-order valence-electron chi connectivity index (χ4n) is 5.03. The molecular weight excluding hydrogens is 546 g/mol. The van der Waals surface area contributed by atoms with E-state index in [1.165, 1.54) is 6.33 Å². The van der Waals surface area contributed by atoms with Gasteiger partial charge < -0.3 is 15.6 Å². The molecule has 3 heterocycles. The third-order valence-corrected chi connectivity index (χ3v) is 7.12. The van der Waals surface area contributed by atoms with E-state index >= 15 is 0 Å². The molecule has 0 spiro atoms. The van der Waals surface area contributed by atoms with Crippen molar-refractivity contribution in [2.45, 2.75) is 25.9 Å². The van der Waals surface area contributed by atoms with Crippen molar-refractivity contribution in [1.29, 1.82) is 0 Å². The van der Waals surface area contributed by atoms with Crippen LogP contribution in [0.1, 0.15) is 33.7 Å². The number of hydroxylamine groups is 1. The van der Waals surface area contributed by atoms with Crippen molar-refractivity contribution in [2.75, 3.05) is 11.9 Å². The molecule has 0 atom stereocenters. The smallest absolute Gasteiger partial charge is 0.274 e. The highest BCUT2D eigenvalue weighted by atomic mass is 16.5. The lowest BCUT2D eigenvalue weighted by Crippen LogP contribution is -2.26. The first-order valence-corrected chi connectivity index (χ1v) is 13.8. The molecule has 1 amide bonds. The first-order valence-electron chi connectivity index (χ1n) is 13.8. The summed E-state index contributed by atoms with van der Waals surface area (Å²) in [4.78, 5) is 46.4. The first-order chi connectivity index (χ1) is 21.1. The van der Waals surface area contributed by atoms with Gasteiger partial charge >= 0.3 is 0 Å². The molecule has 0 bridgehead atoms. The average molecular weight is 576 g/mol. The summed E-state index contributed by atoms with van der Waals surface area (Å²) in [6, 6.07) is 22.2. The summed E-state index contributed by atoms with van der Waals surface area (Å²) >= 11 is 0. The number of amides is 1. The Morgan fingerprint density at radius 1 is 0.930 bits per heavy atom. The van der Waals surface area contributed by atoms with Gasteiger partial charge in [0.15, 0.2) is 11.5 Å². The molecule has 0 fully saturated rings. The molecule has 0 unspecified atom stereocenters. The highest BCUT2D eigenvalue weighted by Gasteiger charge is 2.16. The van der Waals surface area contributed by atoms with Gasteiger partial charge in [0.1, 0.15) is 17.7 Å². The number of H-pyrrole nitrogens is 1. The third-order valence-electron chi connectivity index (χ3n) is 7.12. The van der Waals surface area contributed by atoms with Crippen LogP contribution in [-0.4, -0.2) is 47.1 Å². The summed E-state index contributed by atoms with van der Waals surface area (Å²) in [5.41, 5.74) is 6.43. The van der Waals surface area contributed by atoms with Gasteiger partial charge in [-0.1, -0.05) is 42.5 Å². The molecule has 0 saturated carbocycles. The van der Waals surface area contributed by atoms with Crippen LogP contribution in [0.25, 0.3) is 27.8 Å². The number of nitrogens with one attached hydrogen (secondary N) is 4. The molecule has 5 N–H and O–H groups in total. The van der Waals surface area contributed by atoms with Gasteiger partial charge in [-0.25, -0.2) is 25.4 Å². The zero-order valence-electron chi connectivity index (χ0n) is 23.1. The number of aryl methyl sites for hydroxylation is 1. The molecule has 0 aliphatic rings. The lowest BCUT2D eigenvalue weighted by atomic mass is 10.1. The molecule has 3 aromatic heterocycles. The van der Waals surface area contributed by atoms with Crippen molar-refractivity contribution in [1.82, 2.24) is 40.3 Å². The predicted octanol–water partition coefficient (Wildman–Crippen LogP) is 3.51. The van der Waals surface area contributed by atoms with Crippen LogP contribution in [0.2, 0.25) is 0 Å². The molecule has 3 aromatic carbocycles. The van der Waals surface area contributed by atoms with Gasteiger partial charge in [-0.05, 0) is 47.9 Å². The third kappa shape index (κ3) is 5.96. The van der Waals surface area contributed by atoms with Crippen LogP contribution in [0.4, 0.5) is 5.82 Å². The van der Waals surface area contributed by atoms with Crippen molar-refractivity contribution in [3.8, 4) is 5.69 Å². The number of hydrogen-bond acceptors (Lipinski definition) is 9. The Kier molecular flexibility index (Phi) is 8.11. The maximum absolute atomic E-state index is 14.1. The van der Waals surface area contributed by atoms with Crippen LogP contribution in [0.5, 0.6) is 0 Å². The number of benzene rings is 3. The van der Waals surface area contributed by atoms with Crippen molar-refractivity contribution in [2.24, 2.45) is 0 Å². The molecular formula is C31H29N9O3. The normalized spacial score (nSPS) is 11.2. The van der Waals surface area contributed by atoms with Crippen LogP contribution in [0, 0.1) is 0 Å². The van der Waals surface area contributed by atoms with E-state index in [2.05, 4.69) is 30.6 Å². The Morgan fingerprint density at radius 2 is 1.77 bits per heavy atom. The Morgan fingerprint density at radius 3 is 2.58 bits per heavy atom. The topological polar surface area (TPSA) is 163 Å². The Hall–Kier alpha value is -5.46. The first kappa shape index (κ1) is 27.7. The van der Waals surface area contributed by atoms with Crippen LogP contribution in [0.3, 0.4) is 0 Å². The average Bonchev–Trinajstić information content (AvgIpc) is 3.53. The number of para-hydroxylation sites is 1. The number of hydrogen-bond donors (Lipinski definition) is 5. The molecule has 6 aromatic rings. The number of nitrogens with zero attached hydrogens (tertiary/aromatic N) is 5. The summed E-state index contributed by atoms with van der Waals surface area (Å²) in [7, 11) is 0. The summed E-state index contributed by atoms with van der Waals surface area (Å²) < 4.78 is 1.70. The van der Waals surface area contributed by atoms with Gasteiger partial charge in [0.25, 0.3) is 11.5 Å². The summed E-state index contributed by atoms with van der Waals surface area (Å²) in [5.74, 6) is 0.770. The van der Waals surface area contributed by atoms with Gasteiger partial charge in [-0.15, -0.1) is 0 Å². The van der Waals surface area contributed by atoms with Gasteiger partial charge in [-0.3, -0.25) is 19.4 Å². The van der Waals surface area contributed by atoms with E-state index in [-0.39, 0.29) is 5.56 Å². The fraction of sp³-hybridized carbons (Fsp3) is 0.161. The molecule has 6 rings (SSSR count). The summed E-state index contributed by atoms with van der Waals surface area (Å²) in [5, 5.41) is 16.1. The number of imidazole rings is 1. The number of carbonyl (C=O) groups is 1. The van der Waals surface area contributed by atoms with Crippen molar-refractivity contribution >= 4 is 33.8 Å². The van der Waals surface area contributed by atoms with Crippen molar-refractivity contribution < 1.29 is 10.0 Å². The van der Waals surface area contributed by atoms with Crippen LogP contribution in [0.15, 0.2) is 90.2 Å².